The molecule has 0 spiro atoms. The number of fused-ring (bicyclic) bond motifs is 1. The first-order valence-corrected chi connectivity index (χ1v) is 8.39. The Labute approximate surface area is 158 Å². The van der Waals surface area contributed by atoms with Gasteiger partial charge in [-0.05, 0) is 19.9 Å². The number of carbonyl (C=O) groups is 1. The van der Waals surface area contributed by atoms with Crippen molar-refractivity contribution in [2.75, 3.05) is 7.11 Å². The predicted molar refractivity (Wildman–Crippen MR) is 93.8 cm³/mol. The molecule has 0 saturated heterocycles. The molecule has 0 bridgehead atoms. The molecule has 1 N–H and O–H groups in total. The summed E-state index contributed by atoms with van der Waals surface area (Å²) in [6.07, 6.45) is -4.71. The molecule has 0 saturated carbocycles. The molecule has 0 aliphatic rings. The smallest absolute Gasteiger partial charge is 0.453 e. The Morgan fingerprint density at radius 2 is 1.93 bits per heavy atom. The van der Waals surface area contributed by atoms with Crippen LogP contribution in [0, 0.1) is 13.8 Å². The van der Waals surface area contributed by atoms with Gasteiger partial charge in [0, 0.05) is 29.1 Å². The fourth-order valence-electron chi connectivity index (χ4n) is 2.85. The molecule has 0 fully saturated rings. The average Bonchev–Trinajstić information content (AvgIpc) is 3.08. The van der Waals surface area contributed by atoms with E-state index in [4.69, 9.17) is 4.74 Å². The summed E-state index contributed by atoms with van der Waals surface area (Å²) in [4.78, 5) is 19.9. The number of halogens is 3. The van der Waals surface area contributed by atoms with Gasteiger partial charge in [-0.25, -0.2) is 9.50 Å². The highest BCUT2D eigenvalue weighted by molar-refractivity contribution is 5.79. The fourth-order valence-corrected chi connectivity index (χ4v) is 2.85. The topological polar surface area (TPSA) is 81.4 Å². The van der Waals surface area contributed by atoms with E-state index < -0.39 is 12.0 Å². The van der Waals surface area contributed by atoms with Crippen LogP contribution in [0.5, 0.6) is 5.75 Å². The summed E-state index contributed by atoms with van der Waals surface area (Å²) in [6, 6.07) is 7.28. The molecule has 10 heteroatoms. The molecular weight excluding hydrogens is 375 g/mol. The zero-order valence-corrected chi connectivity index (χ0v) is 15.5. The maximum absolute atomic E-state index is 12.9. The SMILES string of the molecule is COc1ccccc1CNC(=O)Cc1c(C)nc2nc(C(F)(F)F)nn2c1C. The van der Waals surface area contributed by atoms with Gasteiger partial charge in [0.1, 0.15) is 5.75 Å². The second kappa shape index (κ2) is 7.45. The van der Waals surface area contributed by atoms with E-state index in [1.807, 2.05) is 18.2 Å². The van der Waals surface area contributed by atoms with E-state index in [0.29, 0.717) is 22.7 Å². The van der Waals surface area contributed by atoms with E-state index >= 15 is 0 Å². The number of aryl methyl sites for hydroxylation is 2. The van der Waals surface area contributed by atoms with Crippen molar-refractivity contribution in [2.24, 2.45) is 0 Å². The van der Waals surface area contributed by atoms with E-state index in [2.05, 4.69) is 20.4 Å². The number of amides is 1. The van der Waals surface area contributed by atoms with Crippen LogP contribution in [0.2, 0.25) is 0 Å². The lowest BCUT2D eigenvalue weighted by atomic mass is 10.1. The highest BCUT2D eigenvalue weighted by atomic mass is 19.4. The number of alkyl halides is 3. The third-order valence-electron chi connectivity index (χ3n) is 4.31. The van der Waals surface area contributed by atoms with Crippen LogP contribution in [0.3, 0.4) is 0 Å². The van der Waals surface area contributed by atoms with Gasteiger partial charge in [-0.15, -0.1) is 5.10 Å². The summed E-state index contributed by atoms with van der Waals surface area (Å²) >= 11 is 0. The molecule has 0 aliphatic carbocycles. The van der Waals surface area contributed by atoms with Gasteiger partial charge >= 0.3 is 6.18 Å². The number of nitrogens with one attached hydrogen (secondary N) is 1. The Morgan fingerprint density at radius 3 is 2.61 bits per heavy atom. The Hall–Kier alpha value is -3.17. The van der Waals surface area contributed by atoms with Gasteiger partial charge in [0.05, 0.1) is 13.5 Å². The summed E-state index contributed by atoms with van der Waals surface area (Å²) in [5.41, 5.74) is 2.13. The normalized spacial score (nSPS) is 11.6. The van der Waals surface area contributed by atoms with E-state index in [1.165, 1.54) is 0 Å². The number of ether oxygens (including phenoxy) is 1. The van der Waals surface area contributed by atoms with Gasteiger partial charge in [-0.2, -0.15) is 18.2 Å². The van der Waals surface area contributed by atoms with Crippen LogP contribution < -0.4 is 10.1 Å². The largest absolute Gasteiger partial charge is 0.496 e. The van der Waals surface area contributed by atoms with Gasteiger partial charge in [-0.1, -0.05) is 18.2 Å². The second-order valence-electron chi connectivity index (χ2n) is 6.17. The van der Waals surface area contributed by atoms with Crippen LogP contribution in [0.15, 0.2) is 24.3 Å². The zero-order valence-electron chi connectivity index (χ0n) is 15.5. The summed E-state index contributed by atoms with van der Waals surface area (Å²) < 4.78 is 44.8. The molecule has 0 aliphatic heterocycles. The third-order valence-corrected chi connectivity index (χ3v) is 4.31. The molecule has 0 unspecified atom stereocenters. The van der Waals surface area contributed by atoms with E-state index in [1.54, 1.807) is 27.0 Å². The van der Waals surface area contributed by atoms with Gasteiger partial charge in [0.2, 0.25) is 5.91 Å². The van der Waals surface area contributed by atoms with Crippen molar-refractivity contribution in [2.45, 2.75) is 33.0 Å². The molecule has 2 heterocycles. The molecule has 3 rings (SSSR count). The van der Waals surface area contributed by atoms with Crippen LogP contribution in [0.1, 0.15) is 28.3 Å². The number of hydrogen-bond acceptors (Lipinski definition) is 5. The maximum Gasteiger partial charge on any atom is 0.453 e. The van der Waals surface area contributed by atoms with Crippen molar-refractivity contribution in [3.8, 4) is 5.75 Å². The van der Waals surface area contributed by atoms with Gasteiger partial charge in [-0.3, -0.25) is 4.79 Å². The van der Waals surface area contributed by atoms with Crippen LogP contribution >= 0.6 is 0 Å². The molecule has 1 amide bonds. The minimum Gasteiger partial charge on any atom is -0.496 e. The molecule has 3 aromatic rings. The van der Waals surface area contributed by atoms with Crippen molar-refractivity contribution in [3.63, 3.8) is 0 Å². The number of para-hydroxylation sites is 1. The highest BCUT2D eigenvalue weighted by Gasteiger charge is 2.37. The lowest BCUT2D eigenvalue weighted by Crippen LogP contribution is -2.26. The number of benzene rings is 1. The van der Waals surface area contributed by atoms with Crippen LogP contribution in [-0.2, 0) is 23.9 Å². The van der Waals surface area contributed by atoms with Crippen LogP contribution in [0.4, 0.5) is 13.2 Å². The first-order chi connectivity index (χ1) is 13.2. The van der Waals surface area contributed by atoms with Crippen molar-refractivity contribution >= 4 is 11.7 Å². The first-order valence-electron chi connectivity index (χ1n) is 8.39. The fraction of sp³-hybridized carbons (Fsp3) is 0.333. The lowest BCUT2D eigenvalue weighted by molar-refractivity contribution is -0.144. The van der Waals surface area contributed by atoms with Crippen molar-refractivity contribution < 1.29 is 22.7 Å². The molecule has 0 atom stereocenters. The standard InChI is InChI=1S/C18H18F3N5O2/c1-10-13(8-15(27)22-9-12-6-4-5-7-14(12)28-3)11(2)26-17(23-10)24-16(25-26)18(19,20)21/h4-7H,8-9H2,1-3H3,(H,22,27). The van der Waals surface area contributed by atoms with Crippen LogP contribution in [0.25, 0.3) is 5.78 Å². The quantitative estimate of drug-likeness (QED) is 0.721. The maximum atomic E-state index is 12.9. The van der Waals surface area contributed by atoms with Crippen molar-refractivity contribution in [1.29, 1.82) is 0 Å². The molecule has 28 heavy (non-hydrogen) atoms. The Kier molecular flexibility index (Phi) is 5.21. The Bertz CT molecular complexity index is 1030. The minimum atomic E-state index is -4.67. The molecule has 2 aromatic heterocycles. The second-order valence-corrected chi connectivity index (χ2v) is 6.17. The van der Waals surface area contributed by atoms with Gasteiger partial charge in [0.15, 0.2) is 0 Å². The first kappa shape index (κ1) is 19.6. The third kappa shape index (κ3) is 3.90. The molecular formula is C18H18F3N5O2. The highest BCUT2D eigenvalue weighted by Crippen LogP contribution is 2.27. The average molecular weight is 393 g/mol. The molecule has 148 valence electrons. The van der Waals surface area contributed by atoms with E-state index in [-0.39, 0.29) is 24.7 Å². The Morgan fingerprint density at radius 1 is 1.21 bits per heavy atom. The minimum absolute atomic E-state index is 0.0447. The summed E-state index contributed by atoms with van der Waals surface area (Å²) in [5, 5.41) is 6.26. The van der Waals surface area contributed by atoms with E-state index in [0.717, 1.165) is 10.1 Å². The molecule has 0 radical (unpaired) electrons. The number of rotatable bonds is 5. The monoisotopic (exact) mass is 393 g/mol. The zero-order chi connectivity index (χ0) is 20.5. The summed E-state index contributed by atoms with van der Waals surface area (Å²) in [7, 11) is 1.54. The number of carbonyl (C=O) groups excluding carboxylic acids is 1. The summed E-state index contributed by atoms with van der Waals surface area (Å²) in [5.74, 6) is -1.06. The summed E-state index contributed by atoms with van der Waals surface area (Å²) in [6.45, 7) is 3.47. The Balaban J connectivity index is 1.80. The predicted octanol–water partition coefficient (Wildman–Crippen LogP) is 2.63. The van der Waals surface area contributed by atoms with Crippen molar-refractivity contribution in [3.05, 3.63) is 52.6 Å². The number of hydrogen-bond donors (Lipinski definition) is 1. The lowest BCUT2D eigenvalue weighted by Gasteiger charge is -2.12. The van der Waals surface area contributed by atoms with Crippen LogP contribution in [-0.4, -0.2) is 32.6 Å². The number of aromatic nitrogens is 4. The number of methoxy groups -OCH3 is 1. The van der Waals surface area contributed by atoms with Gasteiger partial charge in [0.25, 0.3) is 11.6 Å². The van der Waals surface area contributed by atoms with Crippen molar-refractivity contribution in [1.82, 2.24) is 24.9 Å². The van der Waals surface area contributed by atoms with E-state index in [9.17, 15) is 18.0 Å². The number of nitrogens with zero attached hydrogens (tertiary/aromatic N) is 4. The van der Waals surface area contributed by atoms with Gasteiger partial charge < -0.3 is 10.1 Å². The molecule has 1 aromatic carbocycles. The molecule has 7 nitrogen and oxygen atoms in total.